The molecule has 2 rings (SSSR count). The van der Waals surface area contributed by atoms with Gasteiger partial charge in [0.05, 0.1) is 5.69 Å². The molecule has 1 aromatic rings. The Hall–Kier alpha value is -1.09. The zero-order valence-electron chi connectivity index (χ0n) is 10.8. The Bertz CT molecular complexity index is 403. The standard InChI is InChI=1S/C14H21FN2/c1-14(2,3)11-8-17(9-11)13-5-4-10(7-16)6-12(13)15/h4-6,11H,7-9,16H2,1-3H3. The number of anilines is 1. The summed E-state index contributed by atoms with van der Waals surface area (Å²) in [6, 6.07) is 5.29. The van der Waals surface area contributed by atoms with Crippen LogP contribution < -0.4 is 10.6 Å². The van der Waals surface area contributed by atoms with E-state index in [-0.39, 0.29) is 5.82 Å². The van der Waals surface area contributed by atoms with Gasteiger partial charge in [0, 0.05) is 19.6 Å². The number of benzene rings is 1. The van der Waals surface area contributed by atoms with Crippen molar-refractivity contribution >= 4 is 5.69 Å². The Balaban J connectivity index is 2.07. The number of halogens is 1. The summed E-state index contributed by atoms with van der Waals surface area (Å²) in [4.78, 5) is 2.10. The van der Waals surface area contributed by atoms with Crippen LogP contribution in [0.25, 0.3) is 0 Å². The second-order valence-electron chi connectivity index (χ2n) is 5.96. The van der Waals surface area contributed by atoms with Crippen LogP contribution in [0.5, 0.6) is 0 Å². The van der Waals surface area contributed by atoms with Crippen molar-refractivity contribution < 1.29 is 4.39 Å². The van der Waals surface area contributed by atoms with Crippen LogP contribution >= 0.6 is 0 Å². The van der Waals surface area contributed by atoms with E-state index in [2.05, 4.69) is 25.7 Å². The fraction of sp³-hybridized carbons (Fsp3) is 0.571. The highest BCUT2D eigenvalue weighted by atomic mass is 19.1. The Labute approximate surface area is 103 Å². The van der Waals surface area contributed by atoms with Crippen molar-refractivity contribution in [2.24, 2.45) is 17.1 Å². The van der Waals surface area contributed by atoms with Gasteiger partial charge in [0.15, 0.2) is 0 Å². The zero-order valence-corrected chi connectivity index (χ0v) is 10.8. The van der Waals surface area contributed by atoms with E-state index in [9.17, 15) is 4.39 Å². The minimum atomic E-state index is -0.152. The van der Waals surface area contributed by atoms with Gasteiger partial charge in [-0.25, -0.2) is 4.39 Å². The summed E-state index contributed by atoms with van der Waals surface area (Å²) < 4.78 is 13.8. The Morgan fingerprint density at radius 2 is 2.00 bits per heavy atom. The largest absolute Gasteiger partial charge is 0.368 e. The van der Waals surface area contributed by atoms with Crippen LogP contribution in [0, 0.1) is 17.2 Å². The maximum absolute atomic E-state index is 13.8. The molecule has 3 heteroatoms. The predicted molar refractivity (Wildman–Crippen MR) is 69.4 cm³/mol. The maximum Gasteiger partial charge on any atom is 0.146 e. The second kappa shape index (κ2) is 4.30. The summed E-state index contributed by atoms with van der Waals surface area (Å²) in [7, 11) is 0. The first-order valence-corrected chi connectivity index (χ1v) is 6.15. The van der Waals surface area contributed by atoms with Gasteiger partial charge in [-0.1, -0.05) is 26.8 Å². The summed E-state index contributed by atoms with van der Waals surface area (Å²) in [6.07, 6.45) is 0. The van der Waals surface area contributed by atoms with Gasteiger partial charge < -0.3 is 10.6 Å². The molecule has 0 saturated carbocycles. The lowest BCUT2D eigenvalue weighted by molar-refractivity contribution is 0.194. The van der Waals surface area contributed by atoms with Crippen LogP contribution in [0.15, 0.2) is 18.2 Å². The molecule has 0 unspecified atom stereocenters. The van der Waals surface area contributed by atoms with E-state index in [1.54, 1.807) is 6.07 Å². The minimum Gasteiger partial charge on any atom is -0.368 e. The molecule has 17 heavy (non-hydrogen) atoms. The number of hydrogen-bond donors (Lipinski definition) is 1. The first kappa shape index (κ1) is 12.4. The van der Waals surface area contributed by atoms with Gasteiger partial charge in [-0.2, -0.15) is 0 Å². The van der Waals surface area contributed by atoms with Crippen molar-refractivity contribution in [2.75, 3.05) is 18.0 Å². The molecule has 1 aliphatic rings. The Morgan fingerprint density at radius 3 is 2.47 bits per heavy atom. The predicted octanol–water partition coefficient (Wildman–Crippen LogP) is 2.77. The van der Waals surface area contributed by atoms with E-state index in [1.165, 1.54) is 0 Å². The molecule has 1 aromatic carbocycles. The van der Waals surface area contributed by atoms with E-state index in [0.717, 1.165) is 18.7 Å². The van der Waals surface area contributed by atoms with Gasteiger partial charge in [-0.3, -0.25) is 0 Å². The van der Waals surface area contributed by atoms with Crippen molar-refractivity contribution in [1.29, 1.82) is 0 Å². The topological polar surface area (TPSA) is 29.3 Å². The normalized spacial score (nSPS) is 17.1. The molecule has 2 nitrogen and oxygen atoms in total. The van der Waals surface area contributed by atoms with Crippen molar-refractivity contribution in [3.8, 4) is 0 Å². The van der Waals surface area contributed by atoms with Crippen molar-refractivity contribution in [3.05, 3.63) is 29.6 Å². The first-order chi connectivity index (χ1) is 7.91. The van der Waals surface area contributed by atoms with Gasteiger partial charge in [0.2, 0.25) is 0 Å². The van der Waals surface area contributed by atoms with Crippen LogP contribution in [0.3, 0.4) is 0 Å². The molecule has 0 spiro atoms. The third-order valence-corrected chi connectivity index (χ3v) is 3.69. The van der Waals surface area contributed by atoms with Crippen LogP contribution in [0.1, 0.15) is 26.3 Å². The van der Waals surface area contributed by atoms with Gasteiger partial charge in [-0.05, 0) is 29.0 Å². The molecule has 1 heterocycles. The minimum absolute atomic E-state index is 0.152. The molecule has 2 N–H and O–H groups in total. The number of nitrogens with zero attached hydrogens (tertiary/aromatic N) is 1. The van der Waals surface area contributed by atoms with E-state index in [4.69, 9.17) is 5.73 Å². The SMILES string of the molecule is CC(C)(C)C1CN(c2ccc(CN)cc2F)C1. The number of rotatable bonds is 2. The Morgan fingerprint density at radius 1 is 1.35 bits per heavy atom. The molecule has 1 aliphatic heterocycles. The van der Waals surface area contributed by atoms with Crippen LogP contribution in [0.2, 0.25) is 0 Å². The highest BCUT2D eigenvalue weighted by Crippen LogP contribution is 2.37. The van der Waals surface area contributed by atoms with E-state index < -0.39 is 0 Å². The fourth-order valence-corrected chi connectivity index (χ4v) is 2.16. The highest BCUT2D eigenvalue weighted by Gasteiger charge is 2.36. The average molecular weight is 236 g/mol. The lowest BCUT2D eigenvalue weighted by Crippen LogP contribution is -2.52. The number of nitrogens with two attached hydrogens (primary N) is 1. The first-order valence-electron chi connectivity index (χ1n) is 6.15. The average Bonchev–Trinajstić information content (AvgIpc) is 2.16. The quantitative estimate of drug-likeness (QED) is 0.855. The summed E-state index contributed by atoms with van der Waals surface area (Å²) in [5, 5.41) is 0. The molecular formula is C14H21FN2. The molecule has 0 aliphatic carbocycles. The lowest BCUT2D eigenvalue weighted by Gasteiger charge is -2.47. The van der Waals surface area contributed by atoms with Gasteiger partial charge in [-0.15, -0.1) is 0 Å². The van der Waals surface area contributed by atoms with Crippen molar-refractivity contribution in [2.45, 2.75) is 27.3 Å². The summed E-state index contributed by atoms with van der Waals surface area (Å²) in [6.45, 7) is 9.00. The van der Waals surface area contributed by atoms with Crippen LogP contribution in [-0.2, 0) is 6.54 Å². The van der Waals surface area contributed by atoms with Gasteiger partial charge >= 0.3 is 0 Å². The van der Waals surface area contributed by atoms with Crippen molar-refractivity contribution in [1.82, 2.24) is 0 Å². The molecule has 0 radical (unpaired) electrons. The molecule has 1 fully saturated rings. The van der Waals surface area contributed by atoms with Crippen LogP contribution in [0.4, 0.5) is 10.1 Å². The maximum atomic E-state index is 13.8. The second-order valence-corrected chi connectivity index (χ2v) is 5.96. The molecule has 94 valence electrons. The van der Waals surface area contributed by atoms with Gasteiger partial charge in [0.25, 0.3) is 0 Å². The molecule has 1 saturated heterocycles. The molecular weight excluding hydrogens is 215 g/mol. The lowest BCUT2D eigenvalue weighted by atomic mass is 9.76. The highest BCUT2D eigenvalue weighted by molar-refractivity contribution is 5.51. The van der Waals surface area contributed by atoms with Crippen molar-refractivity contribution in [3.63, 3.8) is 0 Å². The number of hydrogen-bond acceptors (Lipinski definition) is 2. The van der Waals surface area contributed by atoms with E-state index >= 15 is 0 Å². The molecule has 0 amide bonds. The zero-order chi connectivity index (χ0) is 12.6. The summed E-state index contributed by atoms with van der Waals surface area (Å²) >= 11 is 0. The van der Waals surface area contributed by atoms with E-state index in [0.29, 0.717) is 23.6 Å². The van der Waals surface area contributed by atoms with E-state index in [1.807, 2.05) is 12.1 Å². The molecule has 0 atom stereocenters. The van der Waals surface area contributed by atoms with Crippen LogP contribution in [-0.4, -0.2) is 13.1 Å². The van der Waals surface area contributed by atoms with Gasteiger partial charge in [0.1, 0.15) is 5.82 Å². The monoisotopic (exact) mass is 236 g/mol. The third kappa shape index (κ3) is 2.44. The summed E-state index contributed by atoms with van der Waals surface area (Å²) in [5.74, 6) is 0.497. The Kier molecular flexibility index (Phi) is 3.13. The third-order valence-electron chi connectivity index (χ3n) is 3.69. The smallest absolute Gasteiger partial charge is 0.146 e. The summed E-state index contributed by atoms with van der Waals surface area (Å²) in [5.41, 5.74) is 7.36. The molecule has 0 bridgehead atoms. The molecule has 0 aromatic heterocycles. The fourth-order valence-electron chi connectivity index (χ4n) is 2.16.